The number of aromatic nitrogens is 1. The van der Waals surface area contributed by atoms with Gasteiger partial charge in [0.05, 0.1) is 12.3 Å². The van der Waals surface area contributed by atoms with Gasteiger partial charge in [-0.25, -0.2) is 4.79 Å². The van der Waals surface area contributed by atoms with Crippen molar-refractivity contribution < 1.29 is 15.0 Å². The smallest absolute Gasteiger partial charge is 0.328 e. The van der Waals surface area contributed by atoms with E-state index in [9.17, 15) is 4.79 Å². The largest absolute Gasteiger partial charge is 0.478 e. The topological polar surface area (TPSA) is 70.4 Å². The zero-order valence-corrected chi connectivity index (χ0v) is 6.84. The Bertz CT molecular complexity index is 316. The Balaban J connectivity index is 2.75. The summed E-state index contributed by atoms with van der Waals surface area (Å²) in [6.07, 6.45) is 3.98. The summed E-state index contributed by atoms with van der Waals surface area (Å²) in [4.78, 5) is 14.0. The van der Waals surface area contributed by atoms with Crippen LogP contribution in [0.3, 0.4) is 0 Å². The molecule has 0 spiro atoms. The third-order valence-corrected chi connectivity index (χ3v) is 1.43. The molecule has 0 unspecified atom stereocenters. The summed E-state index contributed by atoms with van der Waals surface area (Å²) in [7, 11) is 0. The Morgan fingerprint density at radius 1 is 1.54 bits per heavy atom. The minimum absolute atomic E-state index is 0.108. The maximum absolute atomic E-state index is 10.1. The molecule has 0 aliphatic heterocycles. The van der Waals surface area contributed by atoms with Gasteiger partial charge in [0.1, 0.15) is 0 Å². The number of nitrogens with zero attached hydrogens (tertiary/aromatic N) is 1. The first kappa shape index (κ1) is 9.41. The second-order valence-corrected chi connectivity index (χ2v) is 2.41. The second-order valence-electron chi connectivity index (χ2n) is 2.41. The van der Waals surface area contributed by atoms with Crippen molar-refractivity contribution in [2.75, 3.05) is 0 Å². The number of pyridine rings is 1. The van der Waals surface area contributed by atoms with Crippen LogP contribution in [0.4, 0.5) is 0 Å². The molecule has 0 aliphatic carbocycles. The number of aliphatic carboxylic acids is 1. The average molecular weight is 179 g/mol. The Labute approximate surface area is 75.2 Å². The number of hydrogen-bond donors (Lipinski definition) is 2. The third-order valence-electron chi connectivity index (χ3n) is 1.43. The van der Waals surface area contributed by atoms with Gasteiger partial charge in [-0.15, -0.1) is 0 Å². The molecular weight excluding hydrogens is 170 g/mol. The fourth-order valence-corrected chi connectivity index (χ4v) is 0.796. The predicted octanol–water partition coefficient (Wildman–Crippen LogP) is 0.672. The fourth-order valence-electron chi connectivity index (χ4n) is 0.796. The minimum Gasteiger partial charge on any atom is -0.478 e. The molecule has 1 heterocycles. The molecule has 13 heavy (non-hydrogen) atoms. The van der Waals surface area contributed by atoms with Gasteiger partial charge in [-0.1, -0.05) is 6.07 Å². The molecule has 1 aromatic rings. The van der Waals surface area contributed by atoms with Gasteiger partial charge in [0, 0.05) is 12.3 Å². The quantitative estimate of drug-likeness (QED) is 0.669. The van der Waals surface area contributed by atoms with Crippen LogP contribution in [0.5, 0.6) is 0 Å². The van der Waals surface area contributed by atoms with E-state index in [1.807, 2.05) is 0 Å². The molecule has 0 radical (unpaired) electrons. The second kappa shape index (κ2) is 4.37. The Morgan fingerprint density at radius 2 is 2.31 bits per heavy atom. The molecule has 0 bridgehead atoms. The van der Waals surface area contributed by atoms with Crippen LogP contribution in [0, 0.1) is 0 Å². The van der Waals surface area contributed by atoms with Crippen LogP contribution in [0.1, 0.15) is 11.3 Å². The fraction of sp³-hybridized carbons (Fsp3) is 0.111. The number of rotatable bonds is 3. The van der Waals surface area contributed by atoms with Crippen LogP contribution in [0.2, 0.25) is 0 Å². The molecule has 0 saturated heterocycles. The van der Waals surface area contributed by atoms with Crippen LogP contribution < -0.4 is 0 Å². The Kier molecular flexibility index (Phi) is 3.16. The summed E-state index contributed by atoms with van der Waals surface area (Å²) in [6, 6.07) is 3.33. The molecule has 68 valence electrons. The van der Waals surface area contributed by atoms with Crippen LogP contribution in [0.25, 0.3) is 6.08 Å². The summed E-state index contributed by atoms with van der Waals surface area (Å²) in [5.41, 5.74) is 1.26. The lowest BCUT2D eigenvalue weighted by Crippen LogP contribution is -1.89. The van der Waals surface area contributed by atoms with E-state index < -0.39 is 5.97 Å². The SMILES string of the molecule is O=C(O)/C=C/c1ccc(CO)nc1. The van der Waals surface area contributed by atoms with E-state index >= 15 is 0 Å². The van der Waals surface area contributed by atoms with E-state index in [4.69, 9.17) is 10.2 Å². The number of carboxylic acids is 1. The third kappa shape index (κ3) is 3.04. The number of hydrogen-bond acceptors (Lipinski definition) is 3. The molecular formula is C9H9NO3. The number of aliphatic hydroxyl groups is 1. The lowest BCUT2D eigenvalue weighted by atomic mass is 10.2. The van der Waals surface area contributed by atoms with Crippen molar-refractivity contribution in [2.45, 2.75) is 6.61 Å². The molecule has 0 aliphatic rings. The number of carboxylic acid groups (broad SMARTS) is 1. The van der Waals surface area contributed by atoms with Crippen molar-refractivity contribution in [3.8, 4) is 0 Å². The summed E-state index contributed by atoms with van der Waals surface area (Å²) in [5, 5.41) is 17.0. The van der Waals surface area contributed by atoms with Crippen molar-refractivity contribution in [3.05, 3.63) is 35.7 Å². The minimum atomic E-state index is -0.994. The molecule has 4 nitrogen and oxygen atoms in total. The van der Waals surface area contributed by atoms with Crippen molar-refractivity contribution in [2.24, 2.45) is 0 Å². The Hall–Kier alpha value is -1.68. The van der Waals surface area contributed by atoms with Crippen molar-refractivity contribution >= 4 is 12.0 Å². The first-order valence-corrected chi connectivity index (χ1v) is 3.69. The first-order chi connectivity index (χ1) is 6.22. The highest BCUT2D eigenvalue weighted by atomic mass is 16.4. The average Bonchev–Trinajstić information content (AvgIpc) is 2.15. The van der Waals surface area contributed by atoms with Crippen molar-refractivity contribution in [1.29, 1.82) is 0 Å². The first-order valence-electron chi connectivity index (χ1n) is 3.69. The predicted molar refractivity (Wildman–Crippen MR) is 46.8 cm³/mol. The molecule has 4 heteroatoms. The lowest BCUT2D eigenvalue weighted by Gasteiger charge is -1.94. The summed E-state index contributed by atoms with van der Waals surface area (Å²) < 4.78 is 0. The van der Waals surface area contributed by atoms with Crippen molar-refractivity contribution in [3.63, 3.8) is 0 Å². The van der Waals surface area contributed by atoms with E-state index in [1.54, 1.807) is 12.1 Å². The highest BCUT2D eigenvalue weighted by Gasteiger charge is 1.92. The standard InChI is InChI=1S/C9H9NO3/c11-6-8-3-1-7(5-10-8)2-4-9(12)13/h1-5,11H,6H2,(H,12,13)/b4-2+. The van der Waals surface area contributed by atoms with Gasteiger partial charge in [0.15, 0.2) is 0 Å². The monoisotopic (exact) mass is 179 g/mol. The van der Waals surface area contributed by atoms with Gasteiger partial charge >= 0.3 is 5.97 Å². The maximum atomic E-state index is 10.1. The van der Waals surface area contributed by atoms with E-state index in [0.717, 1.165) is 6.08 Å². The van der Waals surface area contributed by atoms with E-state index in [0.29, 0.717) is 11.3 Å². The molecule has 0 aromatic carbocycles. The maximum Gasteiger partial charge on any atom is 0.328 e. The van der Waals surface area contributed by atoms with Gasteiger partial charge in [-0.3, -0.25) is 4.98 Å². The Morgan fingerprint density at radius 3 is 2.77 bits per heavy atom. The molecule has 1 aromatic heterocycles. The van der Waals surface area contributed by atoms with E-state index in [1.165, 1.54) is 12.3 Å². The molecule has 0 saturated carbocycles. The molecule has 0 fully saturated rings. The number of aliphatic hydroxyl groups excluding tert-OH is 1. The van der Waals surface area contributed by atoms with Gasteiger partial charge in [0.2, 0.25) is 0 Å². The van der Waals surface area contributed by atoms with E-state index in [2.05, 4.69) is 4.98 Å². The van der Waals surface area contributed by atoms with Crippen LogP contribution >= 0.6 is 0 Å². The van der Waals surface area contributed by atoms with Crippen molar-refractivity contribution in [1.82, 2.24) is 4.98 Å². The van der Waals surface area contributed by atoms with Gasteiger partial charge in [0.25, 0.3) is 0 Å². The van der Waals surface area contributed by atoms with Gasteiger partial charge in [-0.05, 0) is 17.7 Å². The van der Waals surface area contributed by atoms with Crippen LogP contribution in [-0.4, -0.2) is 21.2 Å². The highest BCUT2D eigenvalue weighted by molar-refractivity contribution is 5.85. The van der Waals surface area contributed by atoms with E-state index in [-0.39, 0.29) is 6.61 Å². The zero-order chi connectivity index (χ0) is 9.68. The molecule has 2 N–H and O–H groups in total. The number of carbonyl (C=O) groups is 1. The van der Waals surface area contributed by atoms with Gasteiger partial charge in [-0.2, -0.15) is 0 Å². The normalized spacial score (nSPS) is 10.5. The van der Waals surface area contributed by atoms with Crippen LogP contribution in [0.15, 0.2) is 24.4 Å². The zero-order valence-electron chi connectivity index (χ0n) is 6.84. The highest BCUT2D eigenvalue weighted by Crippen LogP contribution is 2.02. The van der Waals surface area contributed by atoms with Gasteiger partial charge < -0.3 is 10.2 Å². The molecule has 0 atom stereocenters. The van der Waals surface area contributed by atoms with Crippen LogP contribution in [-0.2, 0) is 11.4 Å². The summed E-state index contributed by atoms with van der Waals surface area (Å²) >= 11 is 0. The summed E-state index contributed by atoms with van der Waals surface area (Å²) in [6.45, 7) is -0.108. The lowest BCUT2D eigenvalue weighted by molar-refractivity contribution is -0.131. The molecule has 0 amide bonds. The molecule has 1 rings (SSSR count). The summed E-state index contributed by atoms with van der Waals surface area (Å²) in [5.74, 6) is -0.994.